The molecule has 1 aromatic heterocycles. The van der Waals surface area contributed by atoms with Crippen molar-refractivity contribution < 1.29 is 23.1 Å². The van der Waals surface area contributed by atoms with E-state index in [1.165, 1.54) is 22.6 Å². The third kappa shape index (κ3) is 6.49. The number of nitrogens with zero attached hydrogens (tertiary/aromatic N) is 3. The highest BCUT2D eigenvalue weighted by Crippen LogP contribution is 2.25. The zero-order valence-corrected chi connectivity index (χ0v) is 21.3. The number of morpholine rings is 1. The first kappa shape index (κ1) is 26.3. The molecule has 1 saturated heterocycles. The van der Waals surface area contributed by atoms with Gasteiger partial charge in [0, 0.05) is 37.6 Å². The third-order valence-corrected chi connectivity index (χ3v) is 8.24. The Hall–Kier alpha value is -2.80. The molecular weight excluding hydrogens is 484 g/mol. The number of hydrogen-bond acceptors (Lipinski definition) is 9. The Kier molecular flexibility index (Phi) is 8.72. The second kappa shape index (κ2) is 12.0. The molecule has 2 fully saturated rings. The molecule has 4 N–H and O–H groups in total. The Morgan fingerprint density at radius 3 is 2.50 bits per heavy atom. The van der Waals surface area contributed by atoms with Gasteiger partial charge in [-0.25, -0.2) is 13.4 Å². The molecule has 1 aliphatic heterocycles. The lowest BCUT2D eigenvalue weighted by Crippen LogP contribution is -2.40. The molecule has 196 valence electrons. The second-order valence-corrected chi connectivity index (χ2v) is 11.0. The van der Waals surface area contributed by atoms with Crippen molar-refractivity contribution >= 4 is 33.4 Å². The van der Waals surface area contributed by atoms with E-state index in [4.69, 9.17) is 4.74 Å². The number of sulfonamides is 1. The van der Waals surface area contributed by atoms with E-state index in [0.717, 1.165) is 19.3 Å². The fourth-order valence-corrected chi connectivity index (χ4v) is 5.65. The van der Waals surface area contributed by atoms with Crippen molar-refractivity contribution in [3.05, 3.63) is 36.0 Å². The van der Waals surface area contributed by atoms with Crippen LogP contribution < -0.4 is 16.0 Å². The molecule has 1 aliphatic carbocycles. The van der Waals surface area contributed by atoms with E-state index in [-0.39, 0.29) is 22.6 Å². The molecule has 36 heavy (non-hydrogen) atoms. The highest BCUT2D eigenvalue weighted by atomic mass is 32.2. The molecule has 0 unspecified atom stereocenters. The number of benzene rings is 1. The number of carbonyl (C=O) groups excluding carboxylic acids is 1. The SMILES string of the molecule is CCCNc1ncc(C(=O)Nc2ccc(S(=O)(=O)N3CCOCC3)cc2)c(NC2CCC(O)CC2)n1. The molecular formula is C24H34N6O5S. The molecule has 1 saturated carbocycles. The summed E-state index contributed by atoms with van der Waals surface area (Å²) in [5.41, 5.74) is 0.744. The van der Waals surface area contributed by atoms with E-state index in [0.29, 0.717) is 63.1 Å². The average molecular weight is 519 g/mol. The van der Waals surface area contributed by atoms with E-state index in [2.05, 4.69) is 25.9 Å². The van der Waals surface area contributed by atoms with Crippen LogP contribution in [0.15, 0.2) is 35.4 Å². The van der Waals surface area contributed by atoms with Crippen molar-refractivity contribution in [3.8, 4) is 0 Å². The van der Waals surface area contributed by atoms with Crippen LogP contribution in [0.25, 0.3) is 0 Å². The summed E-state index contributed by atoms with van der Waals surface area (Å²) in [5.74, 6) is 0.456. The standard InChI is InChI=1S/C24H34N6O5S/c1-2-11-25-24-26-16-21(22(29-24)27-17-3-7-19(31)8-4-17)23(32)28-18-5-9-20(10-6-18)36(33,34)30-12-14-35-15-13-30/h5-6,9-10,16-17,19,31H,2-4,7-8,11-15H2,1H3,(H,28,32)(H2,25,26,27,29). The van der Waals surface area contributed by atoms with Gasteiger partial charge in [0.15, 0.2) is 0 Å². The molecule has 0 atom stereocenters. The molecule has 1 aromatic carbocycles. The van der Waals surface area contributed by atoms with Gasteiger partial charge in [-0.2, -0.15) is 9.29 Å². The molecule has 0 spiro atoms. The molecule has 2 heterocycles. The van der Waals surface area contributed by atoms with Gasteiger partial charge in [0.25, 0.3) is 5.91 Å². The number of rotatable bonds is 9. The van der Waals surface area contributed by atoms with Crippen molar-refractivity contribution in [2.45, 2.75) is 56.1 Å². The lowest BCUT2D eigenvalue weighted by atomic mass is 9.93. The molecule has 0 bridgehead atoms. The van der Waals surface area contributed by atoms with E-state index < -0.39 is 15.9 Å². The number of carbonyl (C=O) groups is 1. The Morgan fingerprint density at radius 1 is 1.14 bits per heavy atom. The van der Waals surface area contributed by atoms with Crippen molar-refractivity contribution in [2.75, 3.05) is 48.8 Å². The van der Waals surface area contributed by atoms with E-state index >= 15 is 0 Å². The van der Waals surface area contributed by atoms with E-state index in [1.54, 1.807) is 12.1 Å². The minimum absolute atomic E-state index is 0.0959. The van der Waals surface area contributed by atoms with Crippen molar-refractivity contribution in [1.29, 1.82) is 0 Å². The topological polar surface area (TPSA) is 146 Å². The molecule has 2 aromatic rings. The van der Waals surface area contributed by atoms with Gasteiger partial charge in [-0.1, -0.05) is 6.92 Å². The van der Waals surface area contributed by atoms with Gasteiger partial charge < -0.3 is 25.8 Å². The summed E-state index contributed by atoms with van der Waals surface area (Å²) in [6.07, 6.45) is 5.07. The zero-order chi connectivity index (χ0) is 25.5. The largest absolute Gasteiger partial charge is 0.393 e. The monoisotopic (exact) mass is 518 g/mol. The quantitative estimate of drug-likeness (QED) is 0.393. The van der Waals surface area contributed by atoms with Gasteiger partial charge in [-0.15, -0.1) is 0 Å². The average Bonchev–Trinajstić information content (AvgIpc) is 2.89. The number of aliphatic hydroxyl groups excluding tert-OH is 1. The predicted molar refractivity (Wildman–Crippen MR) is 137 cm³/mol. The maximum absolute atomic E-state index is 13.2. The Morgan fingerprint density at radius 2 is 1.83 bits per heavy atom. The molecule has 11 nitrogen and oxygen atoms in total. The maximum Gasteiger partial charge on any atom is 0.260 e. The van der Waals surface area contributed by atoms with Crippen LogP contribution in [0.2, 0.25) is 0 Å². The van der Waals surface area contributed by atoms with Gasteiger partial charge >= 0.3 is 0 Å². The first-order valence-electron chi connectivity index (χ1n) is 12.4. The maximum atomic E-state index is 13.2. The van der Waals surface area contributed by atoms with Crippen LogP contribution in [0.5, 0.6) is 0 Å². The Balaban J connectivity index is 1.48. The molecule has 12 heteroatoms. The number of hydrogen-bond donors (Lipinski definition) is 4. The first-order chi connectivity index (χ1) is 17.4. The summed E-state index contributed by atoms with van der Waals surface area (Å²) in [4.78, 5) is 22.1. The predicted octanol–water partition coefficient (Wildman–Crippen LogP) is 2.29. The number of aromatic nitrogens is 2. The van der Waals surface area contributed by atoms with Crippen LogP contribution in [0.1, 0.15) is 49.4 Å². The second-order valence-electron chi connectivity index (χ2n) is 9.03. The smallest absolute Gasteiger partial charge is 0.260 e. The van der Waals surface area contributed by atoms with Crippen molar-refractivity contribution in [1.82, 2.24) is 14.3 Å². The lowest BCUT2D eigenvalue weighted by Gasteiger charge is -2.27. The Labute approximate surface area is 211 Å². The van der Waals surface area contributed by atoms with Gasteiger partial charge in [0.1, 0.15) is 11.4 Å². The number of anilines is 3. The van der Waals surface area contributed by atoms with Crippen molar-refractivity contribution in [3.63, 3.8) is 0 Å². The summed E-state index contributed by atoms with van der Waals surface area (Å²) >= 11 is 0. The molecule has 2 aliphatic rings. The fraction of sp³-hybridized carbons (Fsp3) is 0.542. The van der Waals surface area contributed by atoms with Crippen LogP contribution in [-0.2, 0) is 14.8 Å². The van der Waals surface area contributed by atoms with E-state index in [9.17, 15) is 18.3 Å². The summed E-state index contributed by atoms with van der Waals surface area (Å²) in [7, 11) is -3.61. The van der Waals surface area contributed by atoms with Crippen LogP contribution in [0, 0.1) is 0 Å². The number of nitrogens with one attached hydrogen (secondary N) is 3. The normalized spacial score (nSPS) is 21.1. The molecule has 0 radical (unpaired) electrons. The van der Waals surface area contributed by atoms with Gasteiger partial charge in [0.05, 0.1) is 24.2 Å². The minimum Gasteiger partial charge on any atom is -0.393 e. The van der Waals surface area contributed by atoms with Gasteiger partial charge in [-0.3, -0.25) is 4.79 Å². The lowest BCUT2D eigenvalue weighted by molar-refractivity contribution is 0.0730. The Bertz CT molecular complexity index is 1130. The summed E-state index contributed by atoms with van der Waals surface area (Å²) < 4.78 is 32.3. The van der Waals surface area contributed by atoms with Crippen molar-refractivity contribution in [2.24, 2.45) is 0 Å². The highest BCUT2D eigenvalue weighted by molar-refractivity contribution is 7.89. The van der Waals surface area contributed by atoms with Gasteiger partial charge in [-0.05, 0) is 56.4 Å². The fourth-order valence-electron chi connectivity index (χ4n) is 4.24. The summed E-state index contributed by atoms with van der Waals surface area (Å²) in [6.45, 7) is 4.14. The zero-order valence-electron chi connectivity index (χ0n) is 20.4. The van der Waals surface area contributed by atoms with Crippen LogP contribution >= 0.6 is 0 Å². The highest BCUT2D eigenvalue weighted by Gasteiger charge is 2.26. The van der Waals surface area contributed by atoms with Crippen LogP contribution in [0.3, 0.4) is 0 Å². The number of ether oxygens (including phenoxy) is 1. The molecule has 1 amide bonds. The molecule has 4 rings (SSSR count). The van der Waals surface area contributed by atoms with Crippen LogP contribution in [-0.4, -0.2) is 78.7 Å². The first-order valence-corrected chi connectivity index (χ1v) is 13.9. The third-order valence-electron chi connectivity index (χ3n) is 6.32. The summed E-state index contributed by atoms with van der Waals surface area (Å²) in [5, 5.41) is 19.1. The van der Waals surface area contributed by atoms with Crippen LogP contribution in [0.4, 0.5) is 17.5 Å². The van der Waals surface area contributed by atoms with Gasteiger partial charge in [0.2, 0.25) is 16.0 Å². The number of amides is 1. The number of aliphatic hydroxyl groups is 1. The summed E-state index contributed by atoms with van der Waals surface area (Å²) in [6, 6.07) is 6.21. The minimum atomic E-state index is -3.61. The van der Waals surface area contributed by atoms with E-state index in [1.807, 2.05) is 6.92 Å².